The lowest BCUT2D eigenvalue weighted by Crippen LogP contribution is -2.08. The third-order valence-electron chi connectivity index (χ3n) is 10.7. The Hall–Kier alpha value is -6.06. The Kier molecular flexibility index (Phi) is 13.0. The third kappa shape index (κ3) is 9.00. The third-order valence-corrected chi connectivity index (χ3v) is 16.6. The van der Waals surface area contributed by atoms with Crippen LogP contribution in [-0.2, 0) is 38.1 Å². The van der Waals surface area contributed by atoms with Crippen molar-refractivity contribution in [3.63, 3.8) is 0 Å². The highest BCUT2D eigenvalue weighted by Crippen LogP contribution is 2.45. The first kappa shape index (κ1) is 44.2. The van der Waals surface area contributed by atoms with Gasteiger partial charge in [0.15, 0.2) is 5.65 Å². The minimum atomic E-state index is -1.38. The second-order valence-electron chi connectivity index (χ2n) is 15.1. The fourth-order valence-electron chi connectivity index (χ4n) is 7.57. The molecule has 0 aliphatic carbocycles. The Morgan fingerprint density at radius 1 is 0.708 bits per heavy atom. The molecule has 0 radical (unpaired) electrons. The number of methoxy groups -OCH3 is 2. The van der Waals surface area contributed by atoms with E-state index in [1.165, 1.54) is 22.7 Å². The number of hydrogen-bond donors (Lipinski definition) is 4. The smallest absolute Gasteiger partial charge is 0.222 e. The first-order valence-corrected chi connectivity index (χ1v) is 24.8. The summed E-state index contributed by atoms with van der Waals surface area (Å²) in [6.07, 6.45) is 7.69. The molecule has 0 aliphatic rings. The van der Waals surface area contributed by atoms with Crippen LogP contribution in [-0.4, -0.2) is 100 Å². The van der Waals surface area contributed by atoms with E-state index in [1.54, 1.807) is 37.5 Å². The summed E-state index contributed by atoms with van der Waals surface area (Å²) < 4.78 is 40.4. The predicted molar refractivity (Wildman–Crippen MR) is 263 cm³/mol. The van der Waals surface area contributed by atoms with Crippen molar-refractivity contribution in [2.24, 2.45) is 7.05 Å². The molecule has 65 heavy (non-hydrogen) atoms. The topological polar surface area (TPSA) is 219 Å². The summed E-state index contributed by atoms with van der Waals surface area (Å²) in [5, 5.41) is 19.0. The summed E-state index contributed by atoms with van der Waals surface area (Å²) in [6.45, 7) is 1.11. The molecule has 2 unspecified atom stereocenters. The number of ether oxygens (including phenoxy) is 2. The van der Waals surface area contributed by atoms with Gasteiger partial charge in [-0.05, 0) is 64.1 Å². The lowest BCUT2D eigenvalue weighted by molar-refractivity contribution is 0.200. The van der Waals surface area contributed by atoms with Crippen LogP contribution in [0.2, 0.25) is 0 Å². The maximum Gasteiger partial charge on any atom is 0.222 e. The number of hydrogen-bond acceptors (Lipinski definition) is 16. The van der Waals surface area contributed by atoms with Gasteiger partial charge in [-0.1, -0.05) is 42.5 Å². The molecule has 15 nitrogen and oxygen atoms in total. The molecule has 0 saturated heterocycles. The van der Waals surface area contributed by atoms with Crippen LogP contribution in [0.5, 0.6) is 0 Å². The van der Waals surface area contributed by atoms with Crippen molar-refractivity contribution in [3.05, 3.63) is 91.5 Å². The molecule has 6 N–H and O–H groups in total. The van der Waals surface area contributed by atoms with E-state index < -0.39 is 21.6 Å². The molecular weight excluding hydrogens is 901 g/mol. The number of anilines is 3. The average Bonchev–Trinajstić information content (AvgIpc) is 4.00. The monoisotopic (exact) mass is 944 g/mol. The molecule has 2 atom stereocenters. The van der Waals surface area contributed by atoms with Gasteiger partial charge in [0.1, 0.15) is 18.1 Å². The lowest BCUT2D eigenvalue weighted by Gasteiger charge is -2.12. The zero-order valence-electron chi connectivity index (χ0n) is 35.6. The minimum absolute atomic E-state index is 0.0473. The van der Waals surface area contributed by atoms with E-state index in [4.69, 9.17) is 30.9 Å². The van der Waals surface area contributed by atoms with Crippen molar-refractivity contribution in [3.8, 4) is 55.9 Å². The van der Waals surface area contributed by atoms with Gasteiger partial charge in [0, 0.05) is 92.2 Å². The van der Waals surface area contributed by atoms with Gasteiger partial charge in [-0.2, -0.15) is 5.10 Å². The van der Waals surface area contributed by atoms with Crippen LogP contribution in [0, 0.1) is 0 Å². The standard InChI is InChI=1S/C46H44N10O5S4/c1-56-25-31-19-30(22-50-41(31)55-56)35-20-33(37-39(47)45(63-42(37)53-35)65(59)17-15-61-3)27-10-8-26(9-11-27)28-6-4-7-29(18-28)34-21-36(32-23-51-46(52-24-32)49-12-13-57)54-43-38(34)40(48)44(62-43)64(58)16-5-14-60-2/h4,6-11,18-25,57H,5,12-17,47-48H2,1-3H3,(H,49,51,52). The van der Waals surface area contributed by atoms with Crippen molar-refractivity contribution in [1.82, 2.24) is 34.7 Å². The maximum atomic E-state index is 13.6. The highest BCUT2D eigenvalue weighted by atomic mass is 32.2. The number of nitrogens with one attached hydrogen (secondary N) is 1. The number of rotatable bonds is 17. The number of benzene rings is 2. The van der Waals surface area contributed by atoms with Gasteiger partial charge in [0.2, 0.25) is 5.95 Å². The van der Waals surface area contributed by atoms with Gasteiger partial charge < -0.3 is 31.4 Å². The summed E-state index contributed by atoms with van der Waals surface area (Å²) in [6, 6.07) is 22.5. The first-order chi connectivity index (χ1) is 31.6. The van der Waals surface area contributed by atoms with Crippen LogP contribution in [0.1, 0.15) is 6.42 Å². The first-order valence-electron chi connectivity index (χ1n) is 20.5. The number of nitrogens with zero attached hydrogens (tertiary/aromatic N) is 7. The molecule has 0 spiro atoms. The number of aliphatic hydroxyl groups is 1. The van der Waals surface area contributed by atoms with Gasteiger partial charge in [0.25, 0.3) is 0 Å². The molecule has 2 aromatic carbocycles. The quantitative estimate of drug-likeness (QED) is 0.0641. The molecule has 332 valence electrons. The van der Waals surface area contributed by atoms with E-state index in [-0.39, 0.29) is 6.61 Å². The number of nitrogens with two attached hydrogens (primary N) is 2. The number of fused-ring (bicyclic) bond motifs is 3. The number of aliphatic hydroxyl groups excluding tert-OH is 1. The summed E-state index contributed by atoms with van der Waals surface area (Å²) >= 11 is 2.67. The van der Waals surface area contributed by atoms with Crippen LogP contribution in [0.3, 0.4) is 0 Å². The number of pyridine rings is 3. The van der Waals surface area contributed by atoms with Crippen molar-refractivity contribution in [2.75, 3.05) is 68.9 Å². The van der Waals surface area contributed by atoms with Crippen molar-refractivity contribution < 1.29 is 23.0 Å². The van der Waals surface area contributed by atoms with E-state index in [1.807, 2.05) is 43.6 Å². The zero-order valence-corrected chi connectivity index (χ0v) is 38.9. The van der Waals surface area contributed by atoms with Gasteiger partial charge in [-0.15, -0.1) is 22.7 Å². The molecule has 0 fully saturated rings. The maximum absolute atomic E-state index is 13.6. The fraction of sp³-hybridized carbons (Fsp3) is 0.217. The molecule has 19 heteroatoms. The Labute approximate surface area is 386 Å². The van der Waals surface area contributed by atoms with Crippen LogP contribution in [0.25, 0.3) is 87.4 Å². The van der Waals surface area contributed by atoms with Gasteiger partial charge in [-0.25, -0.2) is 24.9 Å². The fourth-order valence-corrected chi connectivity index (χ4v) is 12.8. The average molecular weight is 945 g/mol. The normalized spacial score (nSPS) is 12.7. The van der Waals surface area contributed by atoms with Crippen LogP contribution < -0.4 is 16.8 Å². The Bertz CT molecular complexity index is 3240. The molecule has 0 amide bonds. The molecule has 0 aliphatic heterocycles. The van der Waals surface area contributed by atoms with E-state index in [0.717, 1.165) is 55.1 Å². The summed E-state index contributed by atoms with van der Waals surface area (Å²) in [5.74, 6) is 1.12. The molecular formula is C46H44N10O5S4. The Morgan fingerprint density at radius 2 is 1.31 bits per heavy atom. The number of aromatic nitrogens is 7. The summed E-state index contributed by atoms with van der Waals surface area (Å²) in [7, 11) is 2.34. The Balaban J connectivity index is 1.12. The second-order valence-corrected chi connectivity index (χ2v) is 20.6. The molecule has 0 saturated carbocycles. The zero-order chi connectivity index (χ0) is 45.2. The van der Waals surface area contributed by atoms with Crippen LogP contribution in [0.4, 0.5) is 17.3 Å². The van der Waals surface area contributed by atoms with Crippen molar-refractivity contribution in [2.45, 2.75) is 14.8 Å². The van der Waals surface area contributed by atoms with Crippen LogP contribution in [0.15, 0.2) is 99.9 Å². The van der Waals surface area contributed by atoms with Crippen LogP contribution >= 0.6 is 22.7 Å². The highest BCUT2D eigenvalue weighted by molar-refractivity contribution is 7.88. The van der Waals surface area contributed by atoms with E-state index >= 15 is 0 Å². The van der Waals surface area contributed by atoms with Gasteiger partial charge >= 0.3 is 0 Å². The Morgan fingerprint density at radius 3 is 1.97 bits per heavy atom. The summed E-state index contributed by atoms with van der Waals surface area (Å²) in [4.78, 5) is 24.8. The predicted octanol–water partition coefficient (Wildman–Crippen LogP) is 7.78. The largest absolute Gasteiger partial charge is 0.396 e. The lowest BCUT2D eigenvalue weighted by atomic mass is 9.94. The van der Waals surface area contributed by atoms with Gasteiger partial charge in [-0.3, -0.25) is 13.1 Å². The minimum Gasteiger partial charge on any atom is -0.396 e. The molecule has 0 bridgehead atoms. The van der Waals surface area contributed by atoms with E-state index in [2.05, 4.69) is 61.8 Å². The molecule has 9 aromatic rings. The second kappa shape index (κ2) is 19.2. The molecule has 7 aromatic heterocycles. The van der Waals surface area contributed by atoms with Gasteiger partial charge in [0.05, 0.1) is 63.3 Å². The SMILES string of the molecule is COCCCS(=O)c1sc2nc(-c3cnc(NCCO)nc3)cc(-c3cccc(-c4ccc(-c5cc(-c6cnc7nn(C)cc7c6)nc6sc(S(=O)CCOC)c(N)c56)cc4)c3)c2c1N. The number of nitrogen functional groups attached to an aromatic ring is 2. The van der Waals surface area contributed by atoms with Crippen molar-refractivity contribution >= 4 is 93.1 Å². The van der Waals surface area contributed by atoms with E-state index in [0.29, 0.717) is 95.7 Å². The van der Waals surface area contributed by atoms with Crippen molar-refractivity contribution in [1.29, 1.82) is 0 Å². The number of aryl methyl sites for hydroxylation is 1. The van der Waals surface area contributed by atoms with E-state index in [9.17, 15) is 13.5 Å². The highest BCUT2D eigenvalue weighted by Gasteiger charge is 2.24. The molecule has 7 heterocycles. The number of thiophene rings is 2. The molecule has 9 rings (SSSR count). The summed E-state index contributed by atoms with van der Waals surface area (Å²) in [5.41, 5.74) is 23.5.